The van der Waals surface area contributed by atoms with Crippen molar-refractivity contribution in [2.24, 2.45) is 0 Å². The number of hydrogen-bond acceptors (Lipinski definition) is 4. The van der Waals surface area contributed by atoms with Gasteiger partial charge >= 0.3 is 0 Å². The molecule has 0 saturated carbocycles. The second-order valence-electron chi connectivity index (χ2n) is 4.76. The first kappa shape index (κ1) is 12.9. The van der Waals surface area contributed by atoms with Crippen molar-refractivity contribution in [1.82, 2.24) is 0 Å². The molecule has 2 rings (SSSR count). The molecule has 1 aromatic rings. The normalized spacial score (nSPS) is 16.7. The van der Waals surface area contributed by atoms with Gasteiger partial charge < -0.3 is 9.47 Å². The molecule has 0 unspecified atom stereocenters. The van der Waals surface area contributed by atoms with Crippen LogP contribution in [0.4, 0.5) is 0 Å². The van der Waals surface area contributed by atoms with Crippen LogP contribution in [0.15, 0.2) is 18.2 Å². The number of carbonyl (C=O) groups is 2. The number of fused-ring (bicyclic) bond motifs is 1. The highest BCUT2D eigenvalue weighted by Gasteiger charge is 2.32. The summed E-state index contributed by atoms with van der Waals surface area (Å²) in [5, 5.41) is -0.579. The second-order valence-corrected chi connectivity index (χ2v) is 5.19. The Balaban J connectivity index is 2.26. The van der Waals surface area contributed by atoms with Gasteiger partial charge in [-0.25, -0.2) is 0 Å². The Kier molecular flexibility index (Phi) is 3.30. The molecule has 1 aromatic carbocycles. The van der Waals surface area contributed by atoms with E-state index in [-0.39, 0.29) is 12.4 Å². The topological polar surface area (TPSA) is 52.6 Å². The molecule has 0 atom stereocenters. The van der Waals surface area contributed by atoms with Gasteiger partial charge in [0.1, 0.15) is 17.1 Å². The molecule has 0 aromatic heterocycles. The maximum Gasteiger partial charge on any atom is 0.259 e. The molecule has 0 fully saturated rings. The van der Waals surface area contributed by atoms with Gasteiger partial charge in [0.15, 0.2) is 12.4 Å². The van der Waals surface area contributed by atoms with Gasteiger partial charge in [0, 0.05) is 6.07 Å². The molecule has 0 bridgehead atoms. The fourth-order valence-electron chi connectivity index (χ4n) is 1.86. The smallest absolute Gasteiger partial charge is 0.259 e. The zero-order chi connectivity index (χ0) is 13.3. The minimum Gasteiger partial charge on any atom is -0.486 e. The average molecular weight is 269 g/mol. The molecule has 5 heteroatoms. The number of ether oxygens (including phenoxy) is 2. The lowest BCUT2D eigenvalue weighted by Crippen LogP contribution is -2.35. The van der Waals surface area contributed by atoms with Crippen molar-refractivity contribution in [1.29, 1.82) is 0 Å². The minimum absolute atomic E-state index is 0.0428. The van der Waals surface area contributed by atoms with Gasteiger partial charge in [0.25, 0.3) is 5.24 Å². The van der Waals surface area contributed by atoms with Crippen molar-refractivity contribution in [2.45, 2.75) is 25.9 Å². The SMILES string of the molecule is CC1(C)CC(=O)c2ccc(OCC(=O)Cl)cc2O1. The van der Waals surface area contributed by atoms with E-state index >= 15 is 0 Å². The fraction of sp³-hybridized carbons (Fsp3) is 0.385. The molecule has 18 heavy (non-hydrogen) atoms. The highest BCUT2D eigenvalue weighted by atomic mass is 35.5. The van der Waals surface area contributed by atoms with Crippen LogP contribution in [0.2, 0.25) is 0 Å². The summed E-state index contributed by atoms with van der Waals surface area (Å²) in [7, 11) is 0. The van der Waals surface area contributed by atoms with E-state index in [2.05, 4.69) is 0 Å². The molecule has 1 aliphatic heterocycles. The van der Waals surface area contributed by atoms with Crippen LogP contribution in [0, 0.1) is 0 Å². The third-order valence-corrected chi connectivity index (χ3v) is 2.69. The quantitative estimate of drug-likeness (QED) is 0.791. The first-order valence-electron chi connectivity index (χ1n) is 5.55. The standard InChI is InChI=1S/C13H13ClO4/c1-13(2)6-10(15)9-4-3-8(5-11(9)18-13)17-7-12(14)16/h3-5H,6-7H2,1-2H3. The summed E-state index contributed by atoms with van der Waals surface area (Å²) in [6.45, 7) is 3.49. The van der Waals surface area contributed by atoms with Gasteiger partial charge in [0.2, 0.25) is 0 Å². The highest BCUT2D eigenvalue weighted by Crippen LogP contribution is 2.35. The van der Waals surface area contributed by atoms with Gasteiger partial charge in [-0.2, -0.15) is 0 Å². The maximum atomic E-state index is 11.9. The number of benzene rings is 1. The third kappa shape index (κ3) is 2.82. The zero-order valence-electron chi connectivity index (χ0n) is 10.2. The van der Waals surface area contributed by atoms with Gasteiger partial charge in [-0.3, -0.25) is 9.59 Å². The summed E-state index contributed by atoms with van der Waals surface area (Å²) < 4.78 is 10.9. The number of carbonyl (C=O) groups excluding carboxylic acids is 2. The lowest BCUT2D eigenvalue weighted by molar-refractivity contribution is -0.113. The molecular formula is C13H13ClO4. The van der Waals surface area contributed by atoms with E-state index in [9.17, 15) is 9.59 Å². The van der Waals surface area contributed by atoms with E-state index in [4.69, 9.17) is 21.1 Å². The molecular weight excluding hydrogens is 256 g/mol. The number of hydrogen-bond donors (Lipinski definition) is 0. The molecule has 0 saturated heterocycles. The van der Waals surface area contributed by atoms with E-state index in [1.54, 1.807) is 18.2 Å². The van der Waals surface area contributed by atoms with E-state index in [1.807, 2.05) is 13.8 Å². The van der Waals surface area contributed by atoms with Crippen LogP contribution in [-0.2, 0) is 4.79 Å². The van der Waals surface area contributed by atoms with Crippen molar-refractivity contribution >= 4 is 22.6 Å². The molecule has 96 valence electrons. The van der Waals surface area contributed by atoms with Gasteiger partial charge in [-0.05, 0) is 37.6 Å². The maximum absolute atomic E-state index is 11.9. The van der Waals surface area contributed by atoms with E-state index in [0.717, 1.165) is 0 Å². The summed E-state index contributed by atoms with van der Waals surface area (Å²) >= 11 is 5.19. The first-order chi connectivity index (χ1) is 8.37. The van der Waals surface area contributed by atoms with Gasteiger partial charge in [-0.15, -0.1) is 0 Å². The number of ketones is 1. The van der Waals surface area contributed by atoms with Crippen LogP contribution < -0.4 is 9.47 Å². The average Bonchev–Trinajstić information content (AvgIpc) is 2.24. The van der Waals surface area contributed by atoms with Crippen LogP contribution in [0.1, 0.15) is 30.6 Å². The predicted octanol–water partition coefficient (Wildman–Crippen LogP) is 2.57. The number of rotatable bonds is 3. The highest BCUT2D eigenvalue weighted by molar-refractivity contribution is 6.63. The minimum atomic E-state index is -0.579. The van der Waals surface area contributed by atoms with Crippen molar-refractivity contribution < 1.29 is 19.1 Å². The van der Waals surface area contributed by atoms with Gasteiger partial charge in [-0.1, -0.05) is 0 Å². The molecule has 0 spiro atoms. The molecule has 1 heterocycles. The van der Waals surface area contributed by atoms with Crippen molar-refractivity contribution in [2.75, 3.05) is 6.61 Å². The van der Waals surface area contributed by atoms with Crippen molar-refractivity contribution in [3.8, 4) is 11.5 Å². The summed E-state index contributed by atoms with van der Waals surface area (Å²) in [5.41, 5.74) is 0.0178. The van der Waals surface area contributed by atoms with E-state index < -0.39 is 10.8 Å². The van der Waals surface area contributed by atoms with Crippen LogP contribution in [0.25, 0.3) is 0 Å². The van der Waals surface area contributed by atoms with Gasteiger partial charge in [0.05, 0.1) is 12.0 Å². The molecule has 4 nitrogen and oxygen atoms in total. The molecule has 1 aliphatic rings. The molecule has 0 N–H and O–H groups in total. The monoisotopic (exact) mass is 268 g/mol. The predicted molar refractivity (Wildman–Crippen MR) is 66.5 cm³/mol. The Hall–Kier alpha value is -1.55. The number of Topliss-reactive ketones (excluding diaryl/α,β-unsaturated/α-hetero) is 1. The third-order valence-electron chi connectivity index (χ3n) is 2.58. The molecule has 0 radical (unpaired) electrons. The van der Waals surface area contributed by atoms with Crippen molar-refractivity contribution in [3.05, 3.63) is 23.8 Å². The lowest BCUT2D eigenvalue weighted by atomic mass is 9.93. The van der Waals surface area contributed by atoms with Crippen molar-refractivity contribution in [3.63, 3.8) is 0 Å². The summed E-state index contributed by atoms with van der Waals surface area (Å²) in [5.74, 6) is 0.977. The first-order valence-corrected chi connectivity index (χ1v) is 5.92. The lowest BCUT2D eigenvalue weighted by Gasteiger charge is -2.31. The van der Waals surface area contributed by atoms with Crippen LogP contribution in [-0.4, -0.2) is 23.2 Å². The van der Waals surface area contributed by atoms with Crippen LogP contribution >= 0.6 is 11.6 Å². The Morgan fingerprint density at radius 3 is 2.89 bits per heavy atom. The van der Waals surface area contributed by atoms with E-state index in [1.165, 1.54) is 0 Å². The second kappa shape index (κ2) is 4.61. The zero-order valence-corrected chi connectivity index (χ0v) is 10.9. The molecule has 0 aliphatic carbocycles. The molecule has 0 amide bonds. The number of halogens is 1. The Bertz CT molecular complexity index is 508. The Labute approximate surface area is 110 Å². The summed E-state index contributed by atoms with van der Waals surface area (Å²) in [6.07, 6.45) is 0.348. The fourth-order valence-corrected chi connectivity index (χ4v) is 1.92. The van der Waals surface area contributed by atoms with E-state index in [0.29, 0.717) is 23.5 Å². The Morgan fingerprint density at radius 2 is 2.22 bits per heavy atom. The largest absolute Gasteiger partial charge is 0.486 e. The Morgan fingerprint density at radius 1 is 1.50 bits per heavy atom. The summed E-state index contributed by atoms with van der Waals surface area (Å²) in [6, 6.07) is 4.87. The van der Waals surface area contributed by atoms with Crippen LogP contribution in [0.3, 0.4) is 0 Å². The van der Waals surface area contributed by atoms with Crippen LogP contribution in [0.5, 0.6) is 11.5 Å². The summed E-state index contributed by atoms with van der Waals surface area (Å²) in [4.78, 5) is 22.5.